The Kier molecular flexibility index (Phi) is 5.63. The van der Waals surface area contributed by atoms with Crippen molar-refractivity contribution >= 4 is 11.9 Å². The highest BCUT2D eigenvalue weighted by Gasteiger charge is 2.42. The molecule has 0 N–H and O–H groups in total. The number of methoxy groups -OCH3 is 1. The maximum absolute atomic E-state index is 12.7. The summed E-state index contributed by atoms with van der Waals surface area (Å²) in [4.78, 5) is 25.7. The highest BCUT2D eigenvalue weighted by molar-refractivity contribution is 5.86. The van der Waals surface area contributed by atoms with Gasteiger partial charge in [0.25, 0.3) is 0 Å². The average molecular weight is 255 g/mol. The Morgan fingerprint density at radius 3 is 2.28 bits per heavy atom. The van der Waals surface area contributed by atoms with Crippen molar-refractivity contribution in [1.29, 1.82) is 0 Å². The van der Waals surface area contributed by atoms with Gasteiger partial charge in [-0.2, -0.15) is 0 Å². The highest BCUT2D eigenvalue weighted by Crippen LogP contribution is 2.42. The van der Waals surface area contributed by atoms with Crippen LogP contribution >= 0.6 is 0 Å². The third kappa shape index (κ3) is 3.24. The van der Waals surface area contributed by atoms with E-state index in [1.54, 1.807) is 4.90 Å². The number of hydrogen-bond acceptors (Lipinski definition) is 3. The van der Waals surface area contributed by atoms with Crippen LogP contribution in [0.2, 0.25) is 0 Å². The quantitative estimate of drug-likeness (QED) is 0.685. The summed E-state index contributed by atoms with van der Waals surface area (Å²) in [6.45, 7) is 4.82. The van der Waals surface area contributed by atoms with Gasteiger partial charge in [0.15, 0.2) is 0 Å². The summed E-state index contributed by atoms with van der Waals surface area (Å²) in [5.41, 5.74) is -0.219. The number of amides is 1. The first kappa shape index (κ1) is 15.0. The smallest absolute Gasteiger partial charge is 0.325 e. The van der Waals surface area contributed by atoms with Crippen LogP contribution in [0.15, 0.2) is 0 Å². The molecular weight excluding hydrogens is 230 g/mol. The second-order valence-corrected chi connectivity index (χ2v) is 5.14. The van der Waals surface area contributed by atoms with Crippen molar-refractivity contribution in [2.45, 2.75) is 52.4 Å². The Labute approximate surface area is 110 Å². The molecule has 18 heavy (non-hydrogen) atoms. The zero-order valence-electron chi connectivity index (χ0n) is 11.8. The number of esters is 1. The molecule has 1 rings (SSSR count). The fraction of sp³-hybridized carbons (Fsp3) is 0.857. The standard InChI is InChI=1S/C14H25NO3/c1-4-10-15(11-12(16)18-3)13(17)14(5-2)8-6-7-9-14/h4-11H2,1-3H3. The van der Waals surface area contributed by atoms with E-state index in [0.29, 0.717) is 6.54 Å². The fourth-order valence-corrected chi connectivity index (χ4v) is 2.85. The second kappa shape index (κ2) is 6.76. The number of nitrogens with zero attached hydrogens (tertiary/aromatic N) is 1. The van der Waals surface area contributed by atoms with Gasteiger partial charge in [-0.05, 0) is 25.7 Å². The number of ether oxygens (including phenoxy) is 1. The van der Waals surface area contributed by atoms with Gasteiger partial charge >= 0.3 is 5.97 Å². The van der Waals surface area contributed by atoms with Crippen LogP contribution in [0.5, 0.6) is 0 Å². The summed E-state index contributed by atoms with van der Waals surface area (Å²) < 4.78 is 4.67. The van der Waals surface area contributed by atoms with E-state index in [4.69, 9.17) is 0 Å². The lowest BCUT2D eigenvalue weighted by molar-refractivity contribution is -0.151. The topological polar surface area (TPSA) is 46.6 Å². The van der Waals surface area contributed by atoms with E-state index in [2.05, 4.69) is 11.7 Å². The van der Waals surface area contributed by atoms with Gasteiger partial charge in [0, 0.05) is 12.0 Å². The van der Waals surface area contributed by atoms with Crippen LogP contribution in [0.4, 0.5) is 0 Å². The Morgan fingerprint density at radius 2 is 1.83 bits per heavy atom. The van der Waals surface area contributed by atoms with Crippen molar-refractivity contribution in [2.75, 3.05) is 20.2 Å². The van der Waals surface area contributed by atoms with E-state index < -0.39 is 0 Å². The van der Waals surface area contributed by atoms with Crippen LogP contribution in [0.1, 0.15) is 52.4 Å². The largest absolute Gasteiger partial charge is 0.468 e. The first-order valence-corrected chi connectivity index (χ1v) is 6.96. The van der Waals surface area contributed by atoms with Crippen LogP contribution in [0.25, 0.3) is 0 Å². The van der Waals surface area contributed by atoms with E-state index >= 15 is 0 Å². The van der Waals surface area contributed by atoms with Crippen molar-refractivity contribution < 1.29 is 14.3 Å². The molecule has 0 spiro atoms. The summed E-state index contributed by atoms with van der Waals surface area (Å²) in [7, 11) is 1.36. The van der Waals surface area contributed by atoms with Crippen LogP contribution in [0.3, 0.4) is 0 Å². The van der Waals surface area contributed by atoms with Gasteiger partial charge in [-0.3, -0.25) is 9.59 Å². The molecule has 0 aliphatic heterocycles. The number of carbonyl (C=O) groups excluding carboxylic acids is 2. The Balaban J connectivity index is 2.77. The lowest BCUT2D eigenvalue weighted by atomic mass is 9.82. The molecule has 0 aromatic rings. The molecule has 1 aliphatic carbocycles. The Hall–Kier alpha value is -1.06. The molecule has 4 nitrogen and oxygen atoms in total. The molecule has 1 amide bonds. The maximum Gasteiger partial charge on any atom is 0.325 e. The van der Waals surface area contributed by atoms with Crippen molar-refractivity contribution in [1.82, 2.24) is 4.90 Å². The van der Waals surface area contributed by atoms with E-state index in [0.717, 1.165) is 38.5 Å². The molecule has 1 fully saturated rings. The third-order valence-corrected chi connectivity index (χ3v) is 4.02. The molecular formula is C14H25NO3. The van der Waals surface area contributed by atoms with Crippen molar-refractivity contribution in [3.05, 3.63) is 0 Å². The SMILES string of the molecule is CCCN(CC(=O)OC)C(=O)C1(CC)CCCC1. The van der Waals surface area contributed by atoms with Gasteiger partial charge in [0.1, 0.15) is 6.54 Å². The first-order chi connectivity index (χ1) is 8.59. The van der Waals surface area contributed by atoms with Crippen LogP contribution in [-0.2, 0) is 14.3 Å². The Morgan fingerprint density at radius 1 is 1.22 bits per heavy atom. The predicted octanol–water partition coefficient (Wildman–Crippen LogP) is 2.37. The molecule has 0 heterocycles. The summed E-state index contributed by atoms with van der Waals surface area (Å²) in [6.07, 6.45) is 5.90. The average Bonchev–Trinajstić information content (AvgIpc) is 2.87. The van der Waals surface area contributed by atoms with Crippen LogP contribution in [-0.4, -0.2) is 37.0 Å². The van der Waals surface area contributed by atoms with Gasteiger partial charge < -0.3 is 9.64 Å². The molecule has 0 atom stereocenters. The lowest BCUT2D eigenvalue weighted by Gasteiger charge is -2.33. The zero-order chi connectivity index (χ0) is 13.6. The molecule has 0 aromatic heterocycles. The third-order valence-electron chi connectivity index (χ3n) is 4.02. The molecule has 0 saturated heterocycles. The molecule has 4 heteroatoms. The van der Waals surface area contributed by atoms with E-state index in [1.807, 2.05) is 6.92 Å². The van der Waals surface area contributed by atoms with Crippen molar-refractivity contribution in [2.24, 2.45) is 5.41 Å². The predicted molar refractivity (Wildman–Crippen MR) is 70.1 cm³/mol. The lowest BCUT2D eigenvalue weighted by Crippen LogP contribution is -2.45. The van der Waals surface area contributed by atoms with Crippen LogP contribution in [0, 0.1) is 5.41 Å². The molecule has 1 saturated carbocycles. The molecule has 0 aromatic carbocycles. The van der Waals surface area contributed by atoms with Crippen LogP contribution < -0.4 is 0 Å². The monoisotopic (exact) mass is 255 g/mol. The normalized spacial score (nSPS) is 17.5. The van der Waals surface area contributed by atoms with Gasteiger partial charge in [-0.25, -0.2) is 0 Å². The molecule has 1 aliphatic rings. The molecule has 0 bridgehead atoms. The molecule has 104 valence electrons. The number of hydrogen-bond donors (Lipinski definition) is 0. The summed E-state index contributed by atoms with van der Waals surface area (Å²) in [6, 6.07) is 0. The maximum atomic E-state index is 12.7. The zero-order valence-corrected chi connectivity index (χ0v) is 11.8. The van der Waals surface area contributed by atoms with E-state index in [-0.39, 0.29) is 23.8 Å². The van der Waals surface area contributed by atoms with E-state index in [9.17, 15) is 9.59 Å². The highest BCUT2D eigenvalue weighted by atomic mass is 16.5. The number of rotatable bonds is 6. The number of carbonyl (C=O) groups is 2. The Bertz CT molecular complexity index is 295. The van der Waals surface area contributed by atoms with Gasteiger partial charge in [0.2, 0.25) is 5.91 Å². The summed E-state index contributed by atoms with van der Waals surface area (Å²) >= 11 is 0. The first-order valence-electron chi connectivity index (χ1n) is 6.96. The minimum atomic E-state index is -0.332. The fourth-order valence-electron chi connectivity index (χ4n) is 2.85. The minimum absolute atomic E-state index is 0.0882. The molecule has 0 radical (unpaired) electrons. The van der Waals surface area contributed by atoms with Crippen molar-refractivity contribution in [3.63, 3.8) is 0 Å². The van der Waals surface area contributed by atoms with Gasteiger partial charge in [0.05, 0.1) is 7.11 Å². The second-order valence-electron chi connectivity index (χ2n) is 5.14. The summed E-state index contributed by atoms with van der Waals surface area (Å²) in [5.74, 6) is -0.184. The van der Waals surface area contributed by atoms with Gasteiger partial charge in [-0.15, -0.1) is 0 Å². The minimum Gasteiger partial charge on any atom is -0.468 e. The molecule has 0 unspecified atom stereocenters. The summed E-state index contributed by atoms with van der Waals surface area (Å²) in [5, 5.41) is 0. The van der Waals surface area contributed by atoms with Crippen molar-refractivity contribution in [3.8, 4) is 0 Å². The van der Waals surface area contributed by atoms with Gasteiger partial charge in [-0.1, -0.05) is 26.7 Å². The van der Waals surface area contributed by atoms with E-state index in [1.165, 1.54) is 7.11 Å².